The highest BCUT2D eigenvalue weighted by atomic mass is 16.5. The predicted molar refractivity (Wildman–Crippen MR) is 96.8 cm³/mol. The van der Waals surface area contributed by atoms with Crippen molar-refractivity contribution in [1.29, 1.82) is 0 Å². The van der Waals surface area contributed by atoms with Crippen molar-refractivity contribution >= 4 is 11.4 Å². The molecular weight excluding hydrogens is 288 g/mol. The van der Waals surface area contributed by atoms with E-state index in [9.17, 15) is 0 Å². The van der Waals surface area contributed by atoms with Crippen LogP contribution < -0.4 is 15.0 Å². The Hall–Kier alpha value is -1.46. The zero-order valence-corrected chi connectivity index (χ0v) is 14.7. The second kappa shape index (κ2) is 7.41. The third kappa shape index (κ3) is 3.72. The molecule has 2 aliphatic rings. The first-order chi connectivity index (χ1) is 11.2. The Labute approximate surface area is 140 Å². The van der Waals surface area contributed by atoms with Crippen LogP contribution in [-0.2, 0) is 0 Å². The highest BCUT2D eigenvalue weighted by molar-refractivity contribution is 5.64. The minimum absolute atomic E-state index is 0.762. The number of hydrogen-bond acceptors (Lipinski definition) is 5. The summed E-state index contributed by atoms with van der Waals surface area (Å²) in [6.45, 7) is 7.15. The van der Waals surface area contributed by atoms with Gasteiger partial charge in [-0.05, 0) is 32.0 Å². The third-order valence-corrected chi connectivity index (χ3v) is 5.34. The number of ether oxygens (including phenoxy) is 1. The largest absolute Gasteiger partial charge is 0.495 e. The van der Waals surface area contributed by atoms with Crippen molar-refractivity contribution in [1.82, 2.24) is 9.80 Å². The Balaban J connectivity index is 1.58. The number of anilines is 2. The van der Waals surface area contributed by atoms with Crippen LogP contribution in [0.15, 0.2) is 18.2 Å². The summed E-state index contributed by atoms with van der Waals surface area (Å²) in [6, 6.07) is 7.23. The molecule has 2 saturated heterocycles. The van der Waals surface area contributed by atoms with E-state index in [-0.39, 0.29) is 0 Å². The Bertz CT molecular complexity index is 506. The Morgan fingerprint density at radius 2 is 1.74 bits per heavy atom. The molecule has 5 heteroatoms. The fraction of sp³-hybridized carbons (Fsp3) is 0.667. The lowest BCUT2D eigenvalue weighted by molar-refractivity contribution is 0.0982. The van der Waals surface area contributed by atoms with Gasteiger partial charge in [-0.3, -0.25) is 4.90 Å². The van der Waals surface area contributed by atoms with Crippen molar-refractivity contribution in [2.45, 2.75) is 18.9 Å². The van der Waals surface area contributed by atoms with E-state index in [2.05, 4.69) is 45.3 Å². The van der Waals surface area contributed by atoms with Crippen molar-refractivity contribution < 1.29 is 4.74 Å². The lowest BCUT2D eigenvalue weighted by atomic mass is 10.0. The fourth-order valence-corrected chi connectivity index (χ4v) is 3.76. The van der Waals surface area contributed by atoms with Gasteiger partial charge in [0.2, 0.25) is 0 Å². The second-order valence-corrected chi connectivity index (χ2v) is 6.69. The lowest BCUT2D eigenvalue weighted by Gasteiger charge is -2.42. The van der Waals surface area contributed by atoms with Gasteiger partial charge in [-0.25, -0.2) is 0 Å². The van der Waals surface area contributed by atoms with Gasteiger partial charge in [0.1, 0.15) is 5.75 Å². The van der Waals surface area contributed by atoms with Crippen LogP contribution in [0.25, 0.3) is 0 Å². The maximum absolute atomic E-state index is 5.49. The summed E-state index contributed by atoms with van der Waals surface area (Å²) in [5.74, 6) is 0.922. The normalized spacial score (nSPS) is 21.4. The minimum Gasteiger partial charge on any atom is -0.495 e. The average Bonchev–Trinajstić information content (AvgIpc) is 2.62. The van der Waals surface area contributed by atoms with Crippen LogP contribution >= 0.6 is 0 Å². The SMILES string of the molecule is CNc1ccc(N2CCC(N3CCN(C)CC3)CC2)cc1OC. The molecule has 1 N–H and O–H groups in total. The van der Waals surface area contributed by atoms with Crippen LogP contribution in [0.4, 0.5) is 11.4 Å². The number of piperidine rings is 1. The lowest BCUT2D eigenvalue weighted by Crippen LogP contribution is -2.52. The summed E-state index contributed by atoms with van der Waals surface area (Å²) >= 11 is 0. The summed E-state index contributed by atoms with van der Waals surface area (Å²) in [6.07, 6.45) is 2.53. The van der Waals surface area contributed by atoms with Crippen LogP contribution in [0, 0.1) is 0 Å². The molecular formula is C18H30N4O. The van der Waals surface area contributed by atoms with E-state index < -0.39 is 0 Å². The predicted octanol–water partition coefficient (Wildman–Crippen LogP) is 1.95. The van der Waals surface area contributed by atoms with Crippen molar-refractivity contribution in [3.63, 3.8) is 0 Å². The topological polar surface area (TPSA) is 31.0 Å². The van der Waals surface area contributed by atoms with Crippen LogP contribution in [0.1, 0.15) is 12.8 Å². The van der Waals surface area contributed by atoms with E-state index in [4.69, 9.17) is 4.74 Å². The van der Waals surface area contributed by atoms with Gasteiger partial charge in [0.05, 0.1) is 12.8 Å². The molecule has 2 fully saturated rings. The highest BCUT2D eigenvalue weighted by Gasteiger charge is 2.26. The van der Waals surface area contributed by atoms with Gasteiger partial charge in [0.25, 0.3) is 0 Å². The molecule has 0 aromatic heterocycles. The molecule has 23 heavy (non-hydrogen) atoms. The van der Waals surface area contributed by atoms with E-state index in [0.29, 0.717) is 0 Å². The van der Waals surface area contributed by atoms with Gasteiger partial charge in [0.15, 0.2) is 0 Å². The van der Waals surface area contributed by atoms with Crippen molar-refractivity contribution in [3.8, 4) is 5.75 Å². The van der Waals surface area contributed by atoms with Gasteiger partial charge >= 0.3 is 0 Å². The molecule has 2 aliphatic heterocycles. The molecule has 128 valence electrons. The summed E-state index contributed by atoms with van der Waals surface area (Å²) in [4.78, 5) is 7.62. The number of likely N-dealkylation sites (N-methyl/N-ethyl adjacent to an activating group) is 1. The first kappa shape index (κ1) is 16.4. The maximum atomic E-state index is 5.49. The van der Waals surface area contributed by atoms with Gasteiger partial charge in [-0.1, -0.05) is 0 Å². The number of nitrogens with one attached hydrogen (secondary N) is 1. The number of nitrogens with zero attached hydrogens (tertiary/aromatic N) is 3. The van der Waals surface area contributed by atoms with Crippen LogP contribution in [0.3, 0.4) is 0 Å². The van der Waals surface area contributed by atoms with Crippen molar-refractivity contribution in [3.05, 3.63) is 18.2 Å². The quantitative estimate of drug-likeness (QED) is 0.917. The molecule has 0 bridgehead atoms. The first-order valence-electron chi connectivity index (χ1n) is 8.74. The zero-order chi connectivity index (χ0) is 16.2. The zero-order valence-electron chi connectivity index (χ0n) is 14.7. The molecule has 0 atom stereocenters. The van der Waals surface area contributed by atoms with E-state index >= 15 is 0 Å². The molecule has 0 amide bonds. The molecule has 5 nitrogen and oxygen atoms in total. The fourth-order valence-electron chi connectivity index (χ4n) is 3.76. The number of benzene rings is 1. The monoisotopic (exact) mass is 318 g/mol. The Morgan fingerprint density at radius 1 is 1.04 bits per heavy atom. The van der Waals surface area contributed by atoms with Gasteiger partial charge < -0.3 is 19.9 Å². The van der Waals surface area contributed by atoms with E-state index in [1.54, 1.807) is 7.11 Å². The molecule has 0 radical (unpaired) electrons. The number of hydrogen-bond donors (Lipinski definition) is 1. The highest BCUT2D eigenvalue weighted by Crippen LogP contribution is 2.31. The number of rotatable bonds is 4. The van der Waals surface area contributed by atoms with Crippen LogP contribution in [0.2, 0.25) is 0 Å². The van der Waals surface area contributed by atoms with E-state index in [0.717, 1.165) is 30.6 Å². The number of methoxy groups -OCH3 is 1. The van der Waals surface area contributed by atoms with Crippen LogP contribution in [-0.4, -0.2) is 76.3 Å². The standard InChI is InChI=1S/C18H30N4O/c1-19-17-5-4-16(14-18(17)23-3)21-8-6-15(7-9-21)22-12-10-20(2)11-13-22/h4-5,14-15,19H,6-13H2,1-3H3. The number of piperazine rings is 1. The summed E-state index contributed by atoms with van der Waals surface area (Å²) in [7, 11) is 5.89. The van der Waals surface area contributed by atoms with E-state index in [1.165, 1.54) is 44.7 Å². The Kier molecular flexibility index (Phi) is 5.28. The molecule has 1 aromatic carbocycles. The van der Waals surface area contributed by atoms with Gasteiger partial charge in [0, 0.05) is 64.1 Å². The minimum atomic E-state index is 0.762. The molecule has 0 unspecified atom stereocenters. The smallest absolute Gasteiger partial charge is 0.144 e. The van der Waals surface area contributed by atoms with Gasteiger partial charge in [-0.2, -0.15) is 0 Å². The molecule has 1 aromatic rings. The molecule has 3 rings (SSSR count). The summed E-state index contributed by atoms with van der Waals surface area (Å²) < 4.78 is 5.49. The van der Waals surface area contributed by atoms with Crippen LogP contribution in [0.5, 0.6) is 5.75 Å². The van der Waals surface area contributed by atoms with Gasteiger partial charge in [-0.15, -0.1) is 0 Å². The van der Waals surface area contributed by atoms with E-state index in [1.807, 2.05) is 7.05 Å². The molecule has 0 saturated carbocycles. The Morgan fingerprint density at radius 3 is 2.35 bits per heavy atom. The van der Waals surface area contributed by atoms with Crippen molar-refractivity contribution in [2.24, 2.45) is 0 Å². The summed E-state index contributed by atoms with van der Waals surface area (Å²) in [5.41, 5.74) is 2.32. The molecule has 2 heterocycles. The average molecular weight is 318 g/mol. The summed E-state index contributed by atoms with van der Waals surface area (Å²) in [5, 5.41) is 3.18. The third-order valence-electron chi connectivity index (χ3n) is 5.34. The molecule has 0 aliphatic carbocycles. The second-order valence-electron chi connectivity index (χ2n) is 6.69. The van der Waals surface area contributed by atoms with Crippen molar-refractivity contribution in [2.75, 3.05) is 70.7 Å². The maximum Gasteiger partial charge on any atom is 0.144 e. The first-order valence-corrected chi connectivity index (χ1v) is 8.74. The molecule has 0 spiro atoms.